The summed E-state index contributed by atoms with van der Waals surface area (Å²) >= 11 is 0. The first-order valence-electron chi connectivity index (χ1n) is 13.4. The van der Waals surface area contributed by atoms with Crippen LogP contribution in [0.25, 0.3) is 0 Å². The number of carbonyl (C=O) groups excluding carboxylic acids is 3. The van der Waals surface area contributed by atoms with Gasteiger partial charge in [-0.2, -0.15) is 0 Å². The van der Waals surface area contributed by atoms with Crippen molar-refractivity contribution < 1.29 is 14.4 Å². The first kappa shape index (κ1) is 25.3. The molecule has 8 nitrogen and oxygen atoms in total. The van der Waals surface area contributed by atoms with E-state index in [1.54, 1.807) is 4.90 Å². The fourth-order valence-corrected chi connectivity index (χ4v) is 5.20. The lowest BCUT2D eigenvalue weighted by Gasteiger charge is -2.37. The maximum atomic E-state index is 12.7. The van der Waals surface area contributed by atoms with Crippen molar-refractivity contribution in [1.82, 2.24) is 15.1 Å². The average Bonchev–Trinajstić information content (AvgIpc) is 2.82. The summed E-state index contributed by atoms with van der Waals surface area (Å²) in [5, 5.41) is 6.15. The molecule has 0 spiro atoms. The lowest BCUT2D eigenvalue weighted by molar-refractivity contribution is -0.142. The van der Waals surface area contributed by atoms with Gasteiger partial charge in [0.2, 0.25) is 11.8 Å². The smallest absolute Gasteiger partial charge is 0.317 e. The van der Waals surface area contributed by atoms with Crippen LogP contribution in [0.4, 0.5) is 16.2 Å². The minimum absolute atomic E-state index is 0.000333. The van der Waals surface area contributed by atoms with Gasteiger partial charge in [0, 0.05) is 55.6 Å². The molecule has 4 rings (SSSR count). The number of benzene rings is 1. The minimum Gasteiger partial charge on any atom is -0.368 e. The van der Waals surface area contributed by atoms with Crippen molar-refractivity contribution in [3.63, 3.8) is 0 Å². The quantitative estimate of drug-likeness (QED) is 0.617. The van der Waals surface area contributed by atoms with Gasteiger partial charge < -0.3 is 25.3 Å². The van der Waals surface area contributed by atoms with E-state index in [0.717, 1.165) is 56.6 Å². The number of urea groups is 1. The maximum Gasteiger partial charge on any atom is 0.317 e. The van der Waals surface area contributed by atoms with E-state index < -0.39 is 0 Å². The van der Waals surface area contributed by atoms with Crippen molar-refractivity contribution in [2.45, 2.75) is 77.3 Å². The van der Waals surface area contributed by atoms with Crippen LogP contribution in [0.1, 0.15) is 65.2 Å². The Kier molecular flexibility index (Phi) is 8.52. The third-order valence-corrected chi connectivity index (χ3v) is 7.69. The van der Waals surface area contributed by atoms with Crippen molar-refractivity contribution in [2.75, 3.05) is 42.9 Å². The normalized spacial score (nSPS) is 19.3. The standard InChI is InChI=1S/C27H41N5O3/c1-20(2)32(26(34)21-7-6-8-21)19-25(33)28-23-11-13-24(14-12-23)30-15-17-31(18-16-30)27(35)29-22-9-4-3-5-10-22/h11-14,20-22H,3-10,15-19H2,1-2H3,(H,28,33)(H,29,35). The highest BCUT2D eigenvalue weighted by molar-refractivity contribution is 5.95. The van der Waals surface area contributed by atoms with Crippen LogP contribution >= 0.6 is 0 Å². The van der Waals surface area contributed by atoms with E-state index in [2.05, 4.69) is 15.5 Å². The molecule has 2 aliphatic carbocycles. The number of piperazine rings is 1. The van der Waals surface area contributed by atoms with Crippen LogP contribution < -0.4 is 15.5 Å². The van der Waals surface area contributed by atoms with Crippen LogP contribution in [0.15, 0.2) is 24.3 Å². The number of hydrogen-bond acceptors (Lipinski definition) is 4. The lowest BCUT2D eigenvalue weighted by atomic mass is 9.84. The van der Waals surface area contributed by atoms with Gasteiger partial charge in [-0.1, -0.05) is 25.7 Å². The zero-order valence-electron chi connectivity index (χ0n) is 21.3. The zero-order chi connectivity index (χ0) is 24.8. The zero-order valence-corrected chi connectivity index (χ0v) is 21.3. The summed E-state index contributed by atoms with van der Waals surface area (Å²) in [5.74, 6) is 0.0170. The monoisotopic (exact) mass is 483 g/mol. The molecule has 2 N–H and O–H groups in total. The third kappa shape index (κ3) is 6.67. The van der Waals surface area contributed by atoms with E-state index >= 15 is 0 Å². The second kappa shape index (κ2) is 11.8. The van der Waals surface area contributed by atoms with Crippen molar-refractivity contribution >= 4 is 29.2 Å². The second-order valence-electron chi connectivity index (χ2n) is 10.5. The van der Waals surface area contributed by atoms with Crippen molar-refractivity contribution in [2.24, 2.45) is 5.92 Å². The van der Waals surface area contributed by atoms with Gasteiger partial charge in [0.15, 0.2) is 0 Å². The number of nitrogens with zero attached hydrogens (tertiary/aromatic N) is 3. The molecule has 3 aliphatic rings. The number of nitrogens with one attached hydrogen (secondary N) is 2. The molecule has 1 saturated heterocycles. The van der Waals surface area contributed by atoms with Gasteiger partial charge in [0.25, 0.3) is 0 Å². The molecular formula is C27H41N5O3. The lowest BCUT2D eigenvalue weighted by Crippen LogP contribution is -2.53. The molecule has 4 amide bonds. The van der Waals surface area contributed by atoms with Gasteiger partial charge in [-0.25, -0.2) is 4.79 Å². The Morgan fingerprint density at radius 3 is 2.14 bits per heavy atom. The van der Waals surface area contributed by atoms with Gasteiger partial charge in [-0.05, 0) is 63.8 Å². The molecule has 8 heteroatoms. The van der Waals surface area contributed by atoms with E-state index in [4.69, 9.17) is 0 Å². The Morgan fingerprint density at radius 1 is 0.914 bits per heavy atom. The second-order valence-corrected chi connectivity index (χ2v) is 10.5. The number of anilines is 2. The Labute approximate surface area is 209 Å². The van der Waals surface area contributed by atoms with E-state index in [-0.39, 0.29) is 36.3 Å². The third-order valence-electron chi connectivity index (χ3n) is 7.69. The van der Waals surface area contributed by atoms with Gasteiger partial charge in [0.1, 0.15) is 6.54 Å². The summed E-state index contributed by atoms with van der Waals surface area (Å²) in [6.45, 7) is 6.98. The fraction of sp³-hybridized carbons (Fsp3) is 0.667. The minimum atomic E-state index is -0.170. The molecule has 1 aromatic rings. The van der Waals surface area contributed by atoms with Crippen LogP contribution in [0, 0.1) is 5.92 Å². The predicted molar refractivity (Wildman–Crippen MR) is 138 cm³/mol. The predicted octanol–water partition coefficient (Wildman–Crippen LogP) is 3.83. The topological polar surface area (TPSA) is 85.0 Å². The molecule has 1 aromatic carbocycles. The highest BCUT2D eigenvalue weighted by atomic mass is 16.2. The van der Waals surface area contributed by atoms with E-state index in [1.165, 1.54) is 19.3 Å². The highest BCUT2D eigenvalue weighted by Crippen LogP contribution is 2.29. The Bertz CT molecular complexity index is 869. The van der Waals surface area contributed by atoms with Crippen molar-refractivity contribution in [3.05, 3.63) is 24.3 Å². The Hall–Kier alpha value is -2.77. The van der Waals surface area contributed by atoms with Crippen LogP contribution in [-0.2, 0) is 9.59 Å². The van der Waals surface area contributed by atoms with Crippen LogP contribution in [-0.4, -0.2) is 72.5 Å². The molecule has 1 aliphatic heterocycles. The summed E-state index contributed by atoms with van der Waals surface area (Å²) in [5.41, 5.74) is 1.81. The maximum absolute atomic E-state index is 12.7. The van der Waals surface area contributed by atoms with Crippen LogP contribution in [0.3, 0.4) is 0 Å². The van der Waals surface area contributed by atoms with Gasteiger partial charge in [0.05, 0.1) is 0 Å². The van der Waals surface area contributed by atoms with E-state index in [1.807, 2.05) is 43.0 Å². The molecule has 2 saturated carbocycles. The first-order valence-corrected chi connectivity index (χ1v) is 13.4. The summed E-state index contributed by atoms with van der Waals surface area (Å²) in [7, 11) is 0. The molecular weight excluding hydrogens is 442 g/mol. The molecule has 1 heterocycles. The SMILES string of the molecule is CC(C)N(CC(=O)Nc1ccc(N2CCN(C(=O)NC3CCCCC3)CC2)cc1)C(=O)C1CCC1. The van der Waals surface area contributed by atoms with E-state index in [0.29, 0.717) is 19.1 Å². The number of rotatable bonds is 7. The van der Waals surface area contributed by atoms with E-state index in [9.17, 15) is 14.4 Å². The molecule has 0 aromatic heterocycles. The Morgan fingerprint density at radius 2 is 1.57 bits per heavy atom. The van der Waals surface area contributed by atoms with Gasteiger partial charge >= 0.3 is 6.03 Å². The van der Waals surface area contributed by atoms with Crippen LogP contribution in [0.2, 0.25) is 0 Å². The molecule has 0 radical (unpaired) electrons. The molecule has 3 fully saturated rings. The average molecular weight is 484 g/mol. The van der Waals surface area contributed by atoms with Gasteiger partial charge in [-0.3, -0.25) is 9.59 Å². The number of hydrogen-bond donors (Lipinski definition) is 2. The highest BCUT2D eigenvalue weighted by Gasteiger charge is 2.31. The Balaban J connectivity index is 1.23. The number of carbonyl (C=O) groups is 3. The van der Waals surface area contributed by atoms with Crippen molar-refractivity contribution in [3.8, 4) is 0 Å². The summed E-state index contributed by atoms with van der Waals surface area (Å²) in [4.78, 5) is 43.8. The van der Waals surface area contributed by atoms with Gasteiger partial charge in [-0.15, -0.1) is 0 Å². The molecule has 192 valence electrons. The summed E-state index contributed by atoms with van der Waals surface area (Å²) < 4.78 is 0. The first-order chi connectivity index (χ1) is 16.9. The summed E-state index contributed by atoms with van der Waals surface area (Å²) in [6, 6.07) is 8.23. The molecule has 0 unspecified atom stereocenters. The van der Waals surface area contributed by atoms with Crippen LogP contribution in [0.5, 0.6) is 0 Å². The largest absolute Gasteiger partial charge is 0.368 e. The summed E-state index contributed by atoms with van der Waals surface area (Å²) in [6.07, 6.45) is 8.87. The number of amides is 4. The molecule has 0 bridgehead atoms. The molecule has 0 atom stereocenters. The molecule has 35 heavy (non-hydrogen) atoms. The fourth-order valence-electron chi connectivity index (χ4n) is 5.20. The van der Waals surface area contributed by atoms with Crippen molar-refractivity contribution in [1.29, 1.82) is 0 Å².